The van der Waals surface area contributed by atoms with Crippen LogP contribution in [0.5, 0.6) is 5.75 Å². The first kappa shape index (κ1) is 24.3. The Morgan fingerprint density at radius 2 is 1.76 bits per heavy atom. The van der Waals surface area contributed by atoms with E-state index < -0.39 is 0 Å². The van der Waals surface area contributed by atoms with Crippen LogP contribution in [0.1, 0.15) is 24.5 Å². The zero-order chi connectivity index (χ0) is 23.6. The number of hydrogen-bond acceptors (Lipinski definition) is 5. The van der Waals surface area contributed by atoms with Gasteiger partial charge in [0.1, 0.15) is 5.75 Å². The van der Waals surface area contributed by atoms with Gasteiger partial charge in [-0.15, -0.1) is 0 Å². The SMILES string of the molecule is CCOc1ccc(N(CCC#N)C(=O)CN2CCN(C(=O)Cc3ccccc3C)CC2)cc1. The predicted octanol–water partition coefficient (Wildman–Crippen LogP) is 3.03. The number of carbonyl (C=O) groups excluding carboxylic acids is 2. The number of anilines is 1. The molecule has 0 atom stereocenters. The molecule has 0 unspecified atom stereocenters. The number of rotatable bonds is 9. The van der Waals surface area contributed by atoms with Crippen LogP contribution >= 0.6 is 0 Å². The van der Waals surface area contributed by atoms with Crippen molar-refractivity contribution in [1.29, 1.82) is 5.26 Å². The predicted molar refractivity (Wildman–Crippen MR) is 128 cm³/mol. The highest BCUT2D eigenvalue weighted by atomic mass is 16.5. The minimum Gasteiger partial charge on any atom is -0.494 e. The number of amides is 2. The van der Waals surface area contributed by atoms with Crippen LogP contribution < -0.4 is 9.64 Å². The monoisotopic (exact) mass is 448 g/mol. The molecule has 0 aromatic heterocycles. The van der Waals surface area contributed by atoms with Gasteiger partial charge in [0.2, 0.25) is 11.8 Å². The van der Waals surface area contributed by atoms with E-state index in [0.29, 0.717) is 45.8 Å². The molecule has 1 saturated heterocycles. The van der Waals surface area contributed by atoms with E-state index in [1.165, 1.54) is 0 Å². The van der Waals surface area contributed by atoms with Crippen LogP contribution in [0.4, 0.5) is 5.69 Å². The summed E-state index contributed by atoms with van der Waals surface area (Å²) in [5.41, 5.74) is 2.94. The van der Waals surface area contributed by atoms with Gasteiger partial charge in [-0.2, -0.15) is 5.26 Å². The maximum atomic E-state index is 13.1. The second-order valence-corrected chi connectivity index (χ2v) is 8.14. The van der Waals surface area contributed by atoms with Crippen molar-refractivity contribution in [2.45, 2.75) is 26.7 Å². The van der Waals surface area contributed by atoms with Gasteiger partial charge in [0.15, 0.2) is 0 Å². The maximum absolute atomic E-state index is 13.1. The molecular formula is C26H32N4O3. The van der Waals surface area contributed by atoms with Gasteiger partial charge in [-0.1, -0.05) is 24.3 Å². The van der Waals surface area contributed by atoms with E-state index in [4.69, 9.17) is 10.00 Å². The van der Waals surface area contributed by atoms with Gasteiger partial charge in [0.25, 0.3) is 0 Å². The van der Waals surface area contributed by atoms with E-state index in [2.05, 4.69) is 11.0 Å². The molecule has 3 rings (SSSR count). The van der Waals surface area contributed by atoms with Crippen molar-refractivity contribution in [2.24, 2.45) is 0 Å². The number of benzene rings is 2. The lowest BCUT2D eigenvalue weighted by atomic mass is 10.1. The minimum atomic E-state index is -0.0471. The molecule has 1 aliphatic heterocycles. The normalized spacial score (nSPS) is 13.9. The number of piperazine rings is 1. The summed E-state index contributed by atoms with van der Waals surface area (Å²) in [4.78, 5) is 31.4. The highest BCUT2D eigenvalue weighted by Gasteiger charge is 2.25. The van der Waals surface area contributed by atoms with Crippen molar-refractivity contribution in [1.82, 2.24) is 9.80 Å². The second kappa shape index (κ2) is 12.0. The third-order valence-corrected chi connectivity index (χ3v) is 5.89. The summed E-state index contributed by atoms with van der Waals surface area (Å²) < 4.78 is 5.48. The van der Waals surface area contributed by atoms with E-state index in [1.807, 2.05) is 67.3 Å². The number of nitriles is 1. The van der Waals surface area contributed by atoms with Crippen molar-refractivity contribution in [3.8, 4) is 11.8 Å². The van der Waals surface area contributed by atoms with Crippen molar-refractivity contribution in [3.05, 3.63) is 59.7 Å². The van der Waals surface area contributed by atoms with Gasteiger partial charge in [-0.3, -0.25) is 14.5 Å². The fourth-order valence-electron chi connectivity index (χ4n) is 3.96. The van der Waals surface area contributed by atoms with E-state index in [0.717, 1.165) is 22.6 Å². The van der Waals surface area contributed by atoms with Crippen LogP contribution in [0.15, 0.2) is 48.5 Å². The Hall–Kier alpha value is -3.37. The molecule has 0 spiro atoms. The number of hydrogen-bond donors (Lipinski definition) is 0. The summed E-state index contributed by atoms with van der Waals surface area (Å²) in [6, 6.07) is 17.5. The molecule has 0 radical (unpaired) electrons. The Labute approximate surface area is 196 Å². The topological polar surface area (TPSA) is 76.9 Å². The Bertz CT molecular complexity index is 976. The van der Waals surface area contributed by atoms with Crippen LogP contribution in [-0.2, 0) is 16.0 Å². The molecule has 0 N–H and O–H groups in total. The molecule has 33 heavy (non-hydrogen) atoms. The van der Waals surface area contributed by atoms with E-state index in [-0.39, 0.29) is 24.8 Å². The Balaban J connectivity index is 1.55. The molecule has 2 aromatic rings. The van der Waals surface area contributed by atoms with Crippen LogP contribution in [0.2, 0.25) is 0 Å². The molecule has 0 aliphatic carbocycles. The molecule has 7 heteroatoms. The molecule has 7 nitrogen and oxygen atoms in total. The number of aryl methyl sites for hydroxylation is 1. The molecular weight excluding hydrogens is 416 g/mol. The average Bonchev–Trinajstić information content (AvgIpc) is 2.82. The largest absolute Gasteiger partial charge is 0.494 e. The fourth-order valence-corrected chi connectivity index (χ4v) is 3.96. The number of ether oxygens (including phenoxy) is 1. The van der Waals surface area contributed by atoms with Crippen molar-refractivity contribution in [3.63, 3.8) is 0 Å². The molecule has 0 saturated carbocycles. The molecule has 1 aliphatic rings. The van der Waals surface area contributed by atoms with Gasteiger partial charge < -0.3 is 14.5 Å². The molecule has 2 amide bonds. The molecule has 2 aromatic carbocycles. The van der Waals surface area contributed by atoms with Crippen LogP contribution in [0.25, 0.3) is 0 Å². The van der Waals surface area contributed by atoms with E-state index in [1.54, 1.807) is 4.90 Å². The summed E-state index contributed by atoms with van der Waals surface area (Å²) in [5, 5.41) is 9.03. The highest BCUT2D eigenvalue weighted by Crippen LogP contribution is 2.20. The van der Waals surface area contributed by atoms with Gasteiger partial charge >= 0.3 is 0 Å². The summed E-state index contributed by atoms with van der Waals surface area (Å²) in [5.74, 6) is 0.829. The first-order valence-corrected chi connectivity index (χ1v) is 11.5. The lowest BCUT2D eigenvalue weighted by Crippen LogP contribution is -2.52. The Morgan fingerprint density at radius 1 is 1.06 bits per heavy atom. The highest BCUT2D eigenvalue weighted by molar-refractivity contribution is 5.95. The summed E-state index contributed by atoms with van der Waals surface area (Å²) in [6.45, 7) is 7.66. The fraction of sp³-hybridized carbons (Fsp3) is 0.423. The van der Waals surface area contributed by atoms with Gasteiger partial charge in [0.05, 0.1) is 32.1 Å². The Morgan fingerprint density at radius 3 is 2.39 bits per heavy atom. The quantitative estimate of drug-likeness (QED) is 0.589. The van der Waals surface area contributed by atoms with Crippen molar-refractivity contribution < 1.29 is 14.3 Å². The summed E-state index contributed by atoms with van der Waals surface area (Å²) in [6.07, 6.45) is 0.672. The maximum Gasteiger partial charge on any atom is 0.241 e. The molecule has 0 bridgehead atoms. The minimum absolute atomic E-state index is 0.0471. The van der Waals surface area contributed by atoms with Crippen molar-refractivity contribution >= 4 is 17.5 Å². The molecule has 174 valence electrons. The van der Waals surface area contributed by atoms with Crippen molar-refractivity contribution in [2.75, 3.05) is 50.8 Å². The van der Waals surface area contributed by atoms with Gasteiger partial charge in [0, 0.05) is 38.4 Å². The standard InChI is InChI=1S/C26H32N4O3/c1-3-33-24-11-9-23(10-12-24)30(14-6-13-27)26(32)20-28-15-17-29(18-16-28)25(31)19-22-8-5-4-7-21(22)2/h4-5,7-12H,3,6,14-20H2,1-2H3. The van der Waals surface area contributed by atoms with E-state index in [9.17, 15) is 9.59 Å². The first-order valence-electron chi connectivity index (χ1n) is 11.5. The van der Waals surface area contributed by atoms with Crippen LogP contribution in [0, 0.1) is 18.3 Å². The third-order valence-electron chi connectivity index (χ3n) is 5.89. The average molecular weight is 449 g/mol. The Kier molecular flexibility index (Phi) is 8.85. The first-order chi connectivity index (χ1) is 16.0. The lowest BCUT2D eigenvalue weighted by Gasteiger charge is -2.35. The van der Waals surface area contributed by atoms with E-state index >= 15 is 0 Å². The van der Waals surface area contributed by atoms with Crippen LogP contribution in [0.3, 0.4) is 0 Å². The summed E-state index contributed by atoms with van der Waals surface area (Å²) in [7, 11) is 0. The second-order valence-electron chi connectivity index (χ2n) is 8.14. The van der Waals surface area contributed by atoms with Gasteiger partial charge in [-0.25, -0.2) is 0 Å². The van der Waals surface area contributed by atoms with Crippen LogP contribution in [-0.4, -0.2) is 67.5 Å². The molecule has 1 fully saturated rings. The number of carbonyl (C=O) groups is 2. The summed E-state index contributed by atoms with van der Waals surface area (Å²) >= 11 is 0. The lowest BCUT2D eigenvalue weighted by molar-refractivity contribution is -0.132. The molecule has 1 heterocycles. The zero-order valence-electron chi connectivity index (χ0n) is 19.5. The third kappa shape index (κ3) is 6.80. The van der Waals surface area contributed by atoms with Gasteiger partial charge in [-0.05, 0) is 49.2 Å². The number of nitrogens with zero attached hydrogens (tertiary/aromatic N) is 4. The zero-order valence-corrected chi connectivity index (χ0v) is 19.5. The smallest absolute Gasteiger partial charge is 0.241 e.